The average Bonchev–Trinajstić information content (AvgIpc) is 2.24. The van der Waals surface area contributed by atoms with Gasteiger partial charge in [0.15, 0.2) is 0 Å². The molecule has 1 rings (SSSR count). The molecule has 1 N–H and O–H groups in total. The zero-order chi connectivity index (χ0) is 11.1. The maximum Gasteiger partial charge on any atom is 0.328 e. The van der Waals surface area contributed by atoms with Crippen LogP contribution in [0.15, 0.2) is 30.3 Å². The van der Waals surface area contributed by atoms with Gasteiger partial charge in [0.1, 0.15) is 0 Å². The van der Waals surface area contributed by atoms with Crippen LogP contribution in [0.1, 0.15) is 18.1 Å². The molecule has 0 bridgehead atoms. The van der Waals surface area contributed by atoms with E-state index in [0.29, 0.717) is 0 Å². The fourth-order valence-corrected chi connectivity index (χ4v) is 1.89. The number of carboxylic acids is 1. The predicted octanol–water partition coefficient (Wildman–Crippen LogP) is 3.04. The van der Waals surface area contributed by atoms with Gasteiger partial charge in [-0.15, -0.1) is 0 Å². The number of aliphatic carboxylic acids is 1. The number of benzene rings is 1. The Bertz CT molecular complexity index is 358. The van der Waals surface area contributed by atoms with Gasteiger partial charge in [0.25, 0.3) is 0 Å². The lowest BCUT2D eigenvalue weighted by atomic mass is 10.1. The molecule has 15 heavy (non-hydrogen) atoms. The van der Waals surface area contributed by atoms with E-state index < -0.39 is 5.97 Å². The second-order valence-electron chi connectivity index (χ2n) is 3.01. The summed E-state index contributed by atoms with van der Waals surface area (Å²) in [5.74, 6) is 1.08. The average molecular weight is 222 g/mol. The highest BCUT2D eigenvalue weighted by atomic mass is 32.2. The summed E-state index contributed by atoms with van der Waals surface area (Å²) in [6, 6.07) is 7.86. The second kappa shape index (κ2) is 6.30. The Morgan fingerprint density at radius 2 is 2.20 bits per heavy atom. The highest BCUT2D eigenvalue weighted by molar-refractivity contribution is 7.98. The van der Waals surface area contributed by atoms with Gasteiger partial charge in [0.2, 0.25) is 0 Å². The van der Waals surface area contributed by atoms with Crippen molar-refractivity contribution in [3.05, 3.63) is 41.5 Å². The van der Waals surface area contributed by atoms with Crippen LogP contribution in [-0.2, 0) is 10.5 Å². The number of hydrogen-bond acceptors (Lipinski definition) is 2. The summed E-state index contributed by atoms with van der Waals surface area (Å²) in [5, 5.41) is 8.55. The monoisotopic (exact) mass is 222 g/mol. The molecule has 80 valence electrons. The predicted molar refractivity (Wildman–Crippen MR) is 64.9 cm³/mol. The third-order valence-corrected chi connectivity index (χ3v) is 2.85. The number of thioether (sulfide) groups is 1. The first-order chi connectivity index (χ1) is 7.24. The number of carbonyl (C=O) groups is 1. The molecule has 0 atom stereocenters. The molecule has 0 radical (unpaired) electrons. The van der Waals surface area contributed by atoms with Crippen LogP contribution in [0, 0.1) is 0 Å². The largest absolute Gasteiger partial charge is 0.478 e. The van der Waals surface area contributed by atoms with Crippen molar-refractivity contribution in [2.45, 2.75) is 12.7 Å². The molecule has 0 saturated heterocycles. The molecule has 1 aromatic carbocycles. The summed E-state index contributed by atoms with van der Waals surface area (Å²) < 4.78 is 0. The van der Waals surface area contributed by atoms with E-state index >= 15 is 0 Å². The Labute approximate surface area is 94.0 Å². The van der Waals surface area contributed by atoms with Crippen LogP contribution in [0.5, 0.6) is 0 Å². The van der Waals surface area contributed by atoms with Crippen LogP contribution in [0.25, 0.3) is 6.08 Å². The minimum absolute atomic E-state index is 0.909. The van der Waals surface area contributed by atoms with Gasteiger partial charge in [-0.05, 0) is 23.0 Å². The fraction of sp³-hybridized carbons (Fsp3) is 0.250. The second-order valence-corrected chi connectivity index (χ2v) is 4.28. The van der Waals surface area contributed by atoms with Gasteiger partial charge in [0, 0.05) is 11.8 Å². The smallest absolute Gasteiger partial charge is 0.328 e. The summed E-state index contributed by atoms with van der Waals surface area (Å²) in [6.07, 6.45) is 2.82. The van der Waals surface area contributed by atoms with Crippen molar-refractivity contribution in [1.29, 1.82) is 0 Å². The Hall–Kier alpha value is -1.22. The lowest BCUT2D eigenvalue weighted by Crippen LogP contribution is -1.89. The summed E-state index contributed by atoms with van der Waals surface area (Å²) in [6.45, 7) is 2.11. The molecule has 2 nitrogen and oxygen atoms in total. The normalized spacial score (nSPS) is 10.7. The molecule has 0 spiro atoms. The van der Waals surface area contributed by atoms with Gasteiger partial charge in [-0.2, -0.15) is 11.8 Å². The Morgan fingerprint density at radius 3 is 2.87 bits per heavy atom. The first-order valence-corrected chi connectivity index (χ1v) is 5.96. The highest BCUT2D eigenvalue weighted by Gasteiger charge is 1.98. The SMILES string of the molecule is CCSCc1ccccc1/C=C/C(=O)O. The van der Waals surface area contributed by atoms with Crippen LogP contribution in [-0.4, -0.2) is 16.8 Å². The number of hydrogen-bond donors (Lipinski definition) is 1. The molecular weight excluding hydrogens is 208 g/mol. The maximum atomic E-state index is 10.4. The molecule has 0 heterocycles. The Kier molecular flexibility index (Phi) is 4.98. The van der Waals surface area contributed by atoms with E-state index in [-0.39, 0.29) is 0 Å². The van der Waals surface area contributed by atoms with Crippen LogP contribution < -0.4 is 0 Å². The van der Waals surface area contributed by atoms with Crippen molar-refractivity contribution >= 4 is 23.8 Å². The lowest BCUT2D eigenvalue weighted by Gasteiger charge is -2.03. The van der Waals surface area contributed by atoms with Crippen molar-refractivity contribution in [1.82, 2.24) is 0 Å². The van der Waals surface area contributed by atoms with E-state index in [2.05, 4.69) is 6.92 Å². The summed E-state index contributed by atoms with van der Waals surface area (Å²) in [4.78, 5) is 10.4. The summed E-state index contributed by atoms with van der Waals surface area (Å²) in [7, 11) is 0. The molecule has 0 aliphatic heterocycles. The Balaban J connectivity index is 2.81. The van der Waals surface area contributed by atoms with Gasteiger partial charge in [-0.1, -0.05) is 31.2 Å². The first-order valence-electron chi connectivity index (χ1n) is 4.80. The Morgan fingerprint density at radius 1 is 1.47 bits per heavy atom. The topological polar surface area (TPSA) is 37.3 Å². The minimum atomic E-state index is -0.909. The number of carboxylic acid groups (broad SMARTS) is 1. The van der Waals surface area contributed by atoms with Crippen molar-refractivity contribution in [2.24, 2.45) is 0 Å². The molecule has 0 saturated carbocycles. The zero-order valence-electron chi connectivity index (χ0n) is 8.64. The van der Waals surface area contributed by atoms with E-state index in [1.54, 1.807) is 6.08 Å². The molecule has 0 aliphatic rings. The third kappa shape index (κ3) is 4.21. The standard InChI is InChI=1S/C12H14O2S/c1-2-15-9-11-6-4-3-5-10(11)7-8-12(13)14/h3-8H,2,9H2,1H3,(H,13,14)/b8-7+. The van der Waals surface area contributed by atoms with Gasteiger partial charge < -0.3 is 5.11 Å². The number of rotatable bonds is 5. The quantitative estimate of drug-likeness (QED) is 0.778. The molecule has 0 aromatic heterocycles. The summed E-state index contributed by atoms with van der Waals surface area (Å²) >= 11 is 1.83. The van der Waals surface area contributed by atoms with Crippen molar-refractivity contribution in [2.75, 3.05) is 5.75 Å². The van der Waals surface area contributed by atoms with Crippen LogP contribution >= 0.6 is 11.8 Å². The van der Waals surface area contributed by atoms with Crippen molar-refractivity contribution in [3.63, 3.8) is 0 Å². The van der Waals surface area contributed by atoms with E-state index in [1.807, 2.05) is 36.0 Å². The third-order valence-electron chi connectivity index (χ3n) is 1.92. The van der Waals surface area contributed by atoms with Gasteiger partial charge >= 0.3 is 5.97 Å². The van der Waals surface area contributed by atoms with Gasteiger partial charge in [0.05, 0.1) is 0 Å². The molecule has 0 aliphatic carbocycles. The lowest BCUT2D eigenvalue weighted by molar-refractivity contribution is -0.131. The molecule has 0 amide bonds. The minimum Gasteiger partial charge on any atom is -0.478 e. The summed E-state index contributed by atoms with van der Waals surface area (Å²) in [5.41, 5.74) is 2.17. The molecule has 3 heteroatoms. The van der Waals surface area contributed by atoms with Crippen molar-refractivity contribution in [3.8, 4) is 0 Å². The first kappa shape index (κ1) is 11.9. The fourth-order valence-electron chi connectivity index (χ4n) is 1.20. The zero-order valence-corrected chi connectivity index (χ0v) is 9.46. The van der Waals surface area contributed by atoms with E-state index in [1.165, 1.54) is 11.6 Å². The molecule has 1 aromatic rings. The van der Waals surface area contributed by atoms with E-state index in [4.69, 9.17) is 5.11 Å². The van der Waals surface area contributed by atoms with Crippen LogP contribution in [0.2, 0.25) is 0 Å². The molecular formula is C12H14O2S. The van der Waals surface area contributed by atoms with Crippen molar-refractivity contribution < 1.29 is 9.90 Å². The van der Waals surface area contributed by atoms with Crippen LogP contribution in [0.3, 0.4) is 0 Å². The van der Waals surface area contributed by atoms with E-state index in [0.717, 1.165) is 17.1 Å². The molecule has 0 unspecified atom stereocenters. The van der Waals surface area contributed by atoms with E-state index in [9.17, 15) is 4.79 Å². The van der Waals surface area contributed by atoms with Crippen LogP contribution in [0.4, 0.5) is 0 Å². The highest BCUT2D eigenvalue weighted by Crippen LogP contribution is 2.17. The maximum absolute atomic E-state index is 10.4. The van der Waals surface area contributed by atoms with Gasteiger partial charge in [-0.3, -0.25) is 0 Å². The molecule has 0 fully saturated rings. The van der Waals surface area contributed by atoms with Gasteiger partial charge in [-0.25, -0.2) is 4.79 Å².